The first kappa shape index (κ1) is 24.1. The summed E-state index contributed by atoms with van der Waals surface area (Å²) in [6, 6.07) is 18.8. The molecule has 0 aliphatic carbocycles. The minimum Gasteiger partial charge on any atom is -0.496 e. The zero-order valence-corrected chi connectivity index (χ0v) is 19.6. The van der Waals surface area contributed by atoms with Crippen LogP contribution in [0.5, 0.6) is 5.75 Å². The summed E-state index contributed by atoms with van der Waals surface area (Å²) in [4.78, 5) is 40.9. The van der Waals surface area contributed by atoms with E-state index in [4.69, 9.17) is 9.15 Å². The average Bonchev–Trinajstić information content (AvgIpc) is 3.44. The molecule has 0 unspecified atom stereocenters. The number of nitrogens with zero attached hydrogens (tertiary/aromatic N) is 1. The molecule has 8 nitrogen and oxygen atoms in total. The third-order valence-corrected chi connectivity index (χ3v) is 6.26. The monoisotopic (exact) mass is 475 g/mol. The van der Waals surface area contributed by atoms with Crippen molar-refractivity contribution in [3.63, 3.8) is 0 Å². The molecule has 0 bridgehead atoms. The van der Waals surface area contributed by atoms with Crippen molar-refractivity contribution >= 4 is 17.7 Å². The van der Waals surface area contributed by atoms with Gasteiger partial charge >= 0.3 is 0 Å². The quantitative estimate of drug-likeness (QED) is 0.521. The maximum absolute atomic E-state index is 13.2. The Labute approximate surface area is 204 Å². The number of methoxy groups -OCH3 is 1. The Kier molecular flexibility index (Phi) is 7.82. The van der Waals surface area contributed by atoms with Gasteiger partial charge in [0.2, 0.25) is 5.91 Å². The number of para-hydroxylation sites is 1. The van der Waals surface area contributed by atoms with Crippen LogP contribution in [0.25, 0.3) is 0 Å². The van der Waals surface area contributed by atoms with Gasteiger partial charge in [-0.25, -0.2) is 0 Å². The van der Waals surface area contributed by atoms with E-state index in [1.54, 1.807) is 72.9 Å². The zero-order valence-electron chi connectivity index (χ0n) is 19.6. The lowest BCUT2D eigenvalue weighted by Gasteiger charge is -2.36. The number of amides is 3. The molecule has 0 saturated carbocycles. The van der Waals surface area contributed by atoms with Crippen LogP contribution in [0.4, 0.5) is 0 Å². The van der Waals surface area contributed by atoms with Gasteiger partial charge in [0.05, 0.1) is 25.5 Å². The fraction of sp³-hybridized carbons (Fsp3) is 0.296. The molecule has 8 heteroatoms. The van der Waals surface area contributed by atoms with Gasteiger partial charge in [0.15, 0.2) is 0 Å². The highest BCUT2D eigenvalue weighted by molar-refractivity contribution is 5.98. The van der Waals surface area contributed by atoms with E-state index in [9.17, 15) is 14.4 Å². The number of carbonyl (C=O) groups excluding carboxylic acids is 3. The Morgan fingerprint density at radius 2 is 1.71 bits per heavy atom. The van der Waals surface area contributed by atoms with Crippen molar-refractivity contribution in [1.82, 2.24) is 15.5 Å². The molecule has 1 aromatic heterocycles. The number of nitrogens with one attached hydrogen (secondary N) is 2. The zero-order chi connectivity index (χ0) is 24.6. The van der Waals surface area contributed by atoms with Crippen LogP contribution in [0.15, 0.2) is 77.4 Å². The molecule has 182 valence electrons. The first-order chi connectivity index (χ1) is 17.1. The van der Waals surface area contributed by atoms with Crippen molar-refractivity contribution in [2.75, 3.05) is 20.2 Å². The maximum Gasteiger partial charge on any atom is 0.257 e. The fourth-order valence-electron chi connectivity index (χ4n) is 4.34. The van der Waals surface area contributed by atoms with Crippen molar-refractivity contribution in [3.8, 4) is 5.75 Å². The van der Waals surface area contributed by atoms with Crippen LogP contribution in [-0.2, 0) is 11.3 Å². The van der Waals surface area contributed by atoms with Crippen LogP contribution in [0.3, 0.4) is 0 Å². The van der Waals surface area contributed by atoms with Crippen LogP contribution >= 0.6 is 0 Å². The number of likely N-dealkylation sites (tertiary alicyclic amines) is 1. The van der Waals surface area contributed by atoms with E-state index >= 15 is 0 Å². The summed E-state index contributed by atoms with van der Waals surface area (Å²) in [6.07, 6.45) is 2.70. The number of carbonyl (C=O) groups is 3. The first-order valence-corrected chi connectivity index (χ1v) is 11.6. The Bertz CT molecular complexity index is 1140. The lowest BCUT2D eigenvalue weighted by Crippen LogP contribution is -2.53. The van der Waals surface area contributed by atoms with Gasteiger partial charge in [0.25, 0.3) is 11.8 Å². The van der Waals surface area contributed by atoms with Gasteiger partial charge in [-0.05, 0) is 55.2 Å². The molecule has 3 aromatic rings. The third kappa shape index (κ3) is 5.90. The van der Waals surface area contributed by atoms with E-state index in [0.29, 0.717) is 48.6 Å². The third-order valence-electron chi connectivity index (χ3n) is 6.26. The van der Waals surface area contributed by atoms with E-state index in [0.717, 1.165) is 0 Å². The molecule has 1 atom stereocenters. The van der Waals surface area contributed by atoms with E-state index in [1.807, 2.05) is 12.1 Å². The second-order valence-corrected chi connectivity index (χ2v) is 8.44. The summed E-state index contributed by atoms with van der Waals surface area (Å²) in [7, 11) is 1.54. The van der Waals surface area contributed by atoms with Gasteiger partial charge in [0.1, 0.15) is 17.6 Å². The summed E-state index contributed by atoms with van der Waals surface area (Å²) in [5.41, 5.74) is 0.999. The highest BCUT2D eigenvalue weighted by Crippen LogP contribution is 2.25. The summed E-state index contributed by atoms with van der Waals surface area (Å²) in [5, 5.41) is 5.79. The van der Waals surface area contributed by atoms with Gasteiger partial charge < -0.3 is 24.7 Å². The SMILES string of the molecule is COc1ccccc1C(=O)N1CCC([C@H](NC(=O)c2ccccc2)C(=O)NCc2ccco2)CC1. The van der Waals surface area contributed by atoms with Crippen LogP contribution in [0, 0.1) is 5.92 Å². The minimum absolute atomic E-state index is 0.104. The van der Waals surface area contributed by atoms with E-state index in [2.05, 4.69) is 10.6 Å². The topological polar surface area (TPSA) is 101 Å². The van der Waals surface area contributed by atoms with Crippen molar-refractivity contribution < 1.29 is 23.5 Å². The summed E-state index contributed by atoms with van der Waals surface area (Å²) < 4.78 is 10.6. The Morgan fingerprint density at radius 1 is 1.00 bits per heavy atom. The summed E-state index contributed by atoms with van der Waals surface area (Å²) in [5.74, 6) is 0.346. The maximum atomic E-state index is 13.2. The molecule has 2 heterocycles. The van der Waals surface area contributed by atoms with Gasteiger partial charge in [-0.3, -0.25) is 14.4 Å². The highest BCUT2D eigenvalue weighted by atomic mass is 16.5. The minimum atomic E-state index is -0.735. The molecule has 1 saturated heterocycles. The second kappa shape index (κ2) is 11.4. The van der Waals surface area contributed by atoms with Crippen LogP contribution in [0.2, 0.25) is 0 Å². The number of hydrogen-bond donors (Lipinski definition) is 2. The molecule has 1 aliphatic rings. The highest BCUT2D eigenvalue weighted by Gasteiger charge is 2.34. The fourth-order valence-corrected chi connectivity index (χ4v) is 4.34. The van der Waals surface area contributed by atoms with E-state index in [1.165, 1.54) is 0 Å². The Hall–Kier alpha value is -4.07. The second-order valence-electron chi connectivity index (χ2n) is 8.44. The van der Waals surface area contributed by atoms with E-state index < -0.39 is 6.04 Å². The number of rotatable bonds is 8. The van der Waals surface area contributed by atoms with Gasteiger partial charge in [-0.1, -0.05) is 30.3 Å². The summed E-state index contributed by atoms with van der Waals surface area (Å²) >= 11 is 0. The molecule has 1 aliphatic heterocycles. The van der Waals surface area contributed by atoms with Crippen molar-refractivity contribution in [1.29, 1.82) is 0 Å². The van der Waals surface area contributed by atoms with Gasteiger partial charge in [0, 0.05) is 18.7 Å². The predicted molar refractivity (Wildman–Crippen MR) is 130 cm³/mol. The van der Waals surface area contributed by atoms with Crippen LogP contribution in [0.1, 0.15) is 39.3 Å². The average molecular weight is 476 g/mol. The molecule has 4 rings (SSSR count). The van der Waals surface area contributed by atoms with Crippen molar-refractivity contribution in [2.45, 2.75) is 25.4 Å². The molecule has 35 heavy (non-hydrogen) atoms. The number of furan rings is 1. The number of benzene rings is 2. The molecule has 2 aromatic carbocycles. The molecule has 2 N–H and O–H groups in total. The van der Waals surface area contributed by atoms with Crippen LogP contribution < -0.4 is 15.4 Å². The normalized spacial score (nSPS) is 14.7. The lowest BCUT2D eigenvalue weighted by atomic mass is 9.88. The van der Waals surface area contributed by atoms with Crippen molar-refractivity contribution in [2.24, 2.45) is 5.92 Å². The molecule has 1 fully saturated rings. The molecular weight excluding hydrogens is 446 g/mol. The van der Waals surface area contributed by atoms with Gasteiger partial charge in [-0.2, -0.15) is 0 Å². The van der Waals surface area contributed by atoms with Crippen LogP contribution in [-0.4, -0.2) is 48.9 Å². The molecule has 3 amide bonds. The van der Waals surface area contributed by atoms with Crippen molar-refractivity contribution in [3.05, 3.63) is 89.9 Å². The Morgan fingerprint density at radius 3 is 2.40 bits per heavy atom. The smallest absolute Gasteiger partial charge is 0.257 e. The molecular formula is C27H29N3O5. The lowest BCUT2D eigenvalue weighted by molar-refractivity contribution is -0.124. The summed E-state index contributed by atoms with van der Waals surface area (Å²) in [6.45, 7) is 1.18. The number of hydrogen-bond acceptors (Lipinski definition) is 5. The number of piperidine rings is 1. The predicted octanol–water partition coefficient (Wildman–Crippen LogP) is 3.26. The first-order valence-electron chi connectivity index (χ1n) is 11.6. The molecule has 0 radical (unpaired) electrons. The Balaban J connectivity index is 1.44. The number of ether oxygens (including phenoxy) is 1. The van der Waals surface area contributed by atoms with E-state index in [-0.39, 0.29) is 30.2 Å². The van der Waals surface area contributed by atoms with Gasteiger partial charge in [-0.15, -0.1) is 0 Å². The molecule has 0 spiro atoms. The standard InChI is InChI=1S/C27H29N3O5/c1-34-23-12-6-5-11-22(23)27(33)30-15-13-19(14-16-30)24(26(32)28-18-21-10-7-17-35-21)29-25(31)20-8-3-2-4-9-20/h2-12,17,19,24H,13-16,18H2,1H3,(H,28,32)(H,29,31)/t24-/m0/s1. The largest absolute Gasteiger partial charge is 0.496 e.